The molecule has 1 aliphatic heterocycles. The van der Waals surface area contributed by atoms with Gasteiger partial charge in [0.05, 0.1) is 41.3 Å². The number of benzene rings is 1. The Morgan fingerprint density at radius 2 is 2.09 bits per heavy atom. The lowest BCUT2D eigenvalue weighted by molar-refractivity contribution is -0.183. The van der Waals surface area contributed by atoms with Gasteiger partial charge in [0.1, 0.15) is 29.3 Å². The zero-order chi connectivity index (χ0) is 22.1. The number of rotatable bonds is 7. The average Bonchev–Trinajstić information content (AvgIpc) is 3.23. The third kappa shape index (κ3) is 3.90. The van der Waals surface area contributed by atoms with Gasteiger partial charge in [-0.2, -0.15) is 0 Å². The Morgan fingerprint density at radius 3 is 2.88 bits per heavy atom. The van der Waals surface area contributed by atoms with Gasteiger partial charge in [-0.1, -0.05) is 6.07 Å². The van der Waals surface area contributed by atoms with Crippen molar-refractivity contribution >= 4 is 28.1 Å². The van der Waals surface area contributed by atoms with Crippen LogP contribution < -0.4 is 10.1 Å². The molecule has 4 heterocycles. The standard InChI is InChI=1S/C23H21FN4O3S/c1-30-19-10-20(32-22(19)23(29)11-31-12-23)18-9-21(28-13-27-18)26-6-4-14-7-15-3-2-5-25-17(15)8-16(14)24/h2-3,5,7-10,13,29H,4,6,11-12H2,1H3,(H,26,27,28). The third-order valence-electron chi connectivity index (χ3n) is 5.41. The molecule has 164 valence electrons. The highest BCUT2D eigenvalue weighted by atomic mass is 32.1. The molecular weight excluding hydrogens is 431 g/mol. The summed E-state index contributed by atoms with van der Waals surface area (Å²) in [4.78, 5) is 14.4. The number of thiophene rings is 1. The van der Waals surface area contributed by atoms with Gasteiger partial charge in [-0.3, -0.25) is 4.98 Å². The number of methoxy groups -OCH3 is 1. The van der Waals surface area contributed by atoms with Gasteiger partial charge in [-0.25, -0.2) is 14.4 Å². The minimum Gasteiger partial charge on any atom is -0.495 e. The van der Waals surface area contributed by atoms with Gasteiger partial charge in [0.25, 0.3) is 0 Å². The summed E-state index contributed by atoms with van der Waals surface area (Å²) in [5, 5.41) is 14.8. The minimum absolute atomic E-state index is 0.251. The molecule has 0 saturated carbocycles. The summed E-state index contributed by atoms with van der Waals surface area (Å²) in [7, 11) is 1.58. The lowest BCUT2D eigenvalue weighted by Crippen LogP contribution is -2.46. The summed E-state index contributed by atoms with van der Waals surface area (Å²) in [5.74, 6) is 0.986. The van der Waals surface area contributed by atoms with Crippen molar-refractivity contribution < 1.29 is 19.0 Å². The summed E-state index contributed by atoms with van der Waals surface area (Å²) in [6.07, 6.45) is 3.63. The second-order valence-electron chi connectivity index (χ2n) is 7.64. The quantitative estimate of drug-likeness (QED) is 0.441. The fourth-order valence-electron chi connectivity index (χ4n) is 3.65. The van der Waals surface area contributed by atoms with E-state index in [0.717, 1.165) is 15.1 Å². The van der Waals surface area contributed by atoms with Gasteiger partial charge in [0.2, 0.25) is 0 Å². The third-order valence-corrected chi connectivity index (χ3v) is 6.75. The molecule has 2 N–H and O–H groups in total. The van der Waals surface area contributed by atoms with Gasteiger partial charge >= 0.3 is 0 Å². The van der Waals surface area contributed by atoms with Gasteiger partial charge in [-0.15, -0.1) is 11.3 Å². The maximum absolute atomic E-state index is 14.4. The maximum atomic E-state index is 14.4. The SMILES string of the molecule is COc1cc(-c2cc(NCCc3cc4cccnc4cc3F)ncn2)sc1C1(O)COC1. The first kappa shape index (κ1) is 20.7. The number of anilines is 1. The molecule has 0 radical (unpaired) electrons. The molecule has 0 spiro atoms. The number of fused-ring (bicyclic) bond motifs is 1. The van der Waals surface area contributed by atoms with E-state index in [1.54, 1.807) is 13.3 Å². The monoisotopic (exact) mass is 452 g/mol. The summed E-state index contributed by atoms with van der Waals surface area (Å²) in [6, 6.07) is 10.8. The van der Waals surface area contributed by atoms with Gasteiger partial charge in [-0.05, 0) is 24.1 Å². The summed E-state index contributed by atoms with van der Waals surface area (Å²) in [5.41, 5.74) is 0.965. The normalized spacial score (nSPS) is 14.8. The number of hydrogen-bond acceptors (Lipinski definition) is 8. The highest BCUT2D eigenvalue weighted by Gasteiger charge is 2.42. The molecule has 0 atom stereocenters. The highest BCUT2D eigenvalue weighted by molar-refractivity contribution is 7.16. The van der Waals surface area contributed by atoms with E-state index in [0.29, 0.717) is 41.3 Å². The van der Waals surface area contributed by atoms with E-state index in [9.17, 15) is 9.50 Å². The Balaban J connectivity index is 1.31. The van der Waals surface area contributed by atoms with E-state index in [1.165, 1.54) is 23.7 Å². The topological polar surface area (TPSA) is 89.4 Å². The first-order valence-electron chi connectivity index (χ1n) is 10.1. The molecule has 1 saturated heterocycles. The van der Waals surface area contributed by atoms with Crippen LogP contribution in [0.25, 0.3) is 21.5 Å². The van der Waals surface area contributed by atoms with Crippen molar-refractivity contribution in [3.8, 4) is 16.3 Å². The van der Waals surface area contributed by atoms with Crippen LogP contribution in [0.2, 0.25) is 0 Å². The van der Waals surface area contributed by atoms with Crippen molar-refractivity contribution in [2.75, 3.05) is 32.2 Å². The predicted molar refractivity (Wildman–Crippen MR) is 121 cm³/mol. The van der Waals surface area contributed by atoms with E-state index >= 15 is 0 Å². The van der Waals surface area contributed by atoms with Crippen LogP contribution >= 0.6 is 11.3 Å². The van der Waals surface area contributed by atoms with Gasteiger partial charge in [0.15, 0.2) is 0 Å². The van der Waals surface area contributed by atoms with Crippen LogP contribution in [-0.2, 0) is 16.8 Å². The van der Waals surface area contributed by atoms with Gasteiger partial charge < -0.3 is 19.9 Å². The van der Waals surface area contributed by atoms with E-state index in [1.807, 2.05) is 30.3 Å². The van der Waals surface area contributed by atoms with Crippen molar-refractivity contribution in [3.05, 3.63) is 65.2 Å². The molecule has 9 heteroatoms. The van der Waals surface area contributed by atoms with E-state index in [2.05, 4.69) is 20.3 Å². The number of hydrogen-bond donors (Lipinski definition) is 2. The van der Waals surface area contributed by atoms with Gasteiger partial charge in [0, 0.05) is 36.3 Å². The molecule has 0 unspecified atom stereocenters. The lowest BCUT2D eigenvalue weighted by atomic mass is 10.00. The van der Waals surface area contributed by atoms with E-state index < -0.39 is 5.60 Å². The van der Waals surface area contributed by atoms with Crippen LogP contribution in [0.4, 0.5) is 10.2 Å². The van der Waals surface area contributed by atoms with E-state index in [4.69, 9.17) is 9.47 Å². The molecule has 1 aliphatic rings. The van der Waals surface area contributed by atoms with Crippen molar-refractivity contribution in [3.63, 3.8) is 0 Å². The van der Waals surface area contributed by atoms with Crippen LogP contribution in [0, 0.1) is 5.82 Å². The molecule has 0 aliphatic carbocycles. The molecule has 0 bridgehead atoms. The number of ether oxygens (including phenoxy) is 2. The Labute approximate surface area is 187 Å². The first-order chi connectivity index (χ1) is 15.6. The van der Waals surface area contributed by atoms with Crippen LogP contribution in [0.15, 0.2) is 48.9 Å². The number of nitrogens with one attached hydrogen (secondary N) is 1. The van der Waals surface area contributed by atoms with Crippen molar-refractivity contribution in [1.82, 2.24) is 15.0 Å². The molecule has 3 aromatic heterocycles. The van der Waals surface area contributed by atoms with Crippen LogP contribution in [0.5, 0.6) is 5.75 Å². The maximum Gasteiger partial charge on any atom is 0.149 e. The lowest BCUT2D eigenvalue weighted by Gasteiger charge is -2.35. The fraction of sp³-hybridized carbons (Fsp3) is 0.261. The summed E-state index contributed by atoms with van der Waals surface area (Å²) in [6.45, 7) is 1.01. The molecule has 1 fully saturated rings. The summed E-state index contributed by atoms with van der Waals surface area (Å²) >= 11 is 1.42. The molecular formula is C23H21FN4O3S. The molecule has 0 amide bonds. The second-order valence-corrected chi connectivity index (χ2v) is 8.69. The molecule has 32 heavy (non-hydrogen) atoms. The molecule has 7 nitrogen and oxygen atoms in total. The Bertz CT molecular complexity index is 1280. The predicted octanol–water partition coefficient (Wildman–Crippen LogP) is 3.77. The minimum atomic E-state index is -1.01. The zero-order valence-corrected chi connectivity index (χ0v) is 18.2. The van der Waals surface area contributed by atoms with Crippen LogP contribution in [0.3, 0.4) is 0 Å². The van der Waals surface area contributed by atoms with Crippen LogP contribution in [-0.4, -0.2) is 46.9 Å². The Kier molecular flexibility index (Phi) is 5.46. The summed E-state index contributed by atoms with van der Waals surface area (Å²) < 4.78 is 25.0. The number of aliphatic hydroxyl groups is 1. The molecule has 5 rings (SSSR count). The number of aromatic nitrogens is 3. The number of nitrogens with zero attached hydrogens (tertiary/aromatic N) is 3. The molecule has 4 aromatic rings. The molecule has 1 aromatic carbocycles. The number of pyridine rings is 1. The Hall–Kier alpha value is -3.14. The zero-order valence-electron chi connectivity index (χ0n) is 17.3. The van der Waals surface area contributed by atoms with E-state index in [-0.39, 0.29) is 19.0 Å². The van der Waals surface area contributed by atoms with Crippen molar-refractivity contribution in [2.24, 2.45) is 0 Å². The fourth-order valence-corrected chi connectivity index (χ4v) is 4.80. The largest absolute Gasteiger partial charge is 0.495 e. The smallest absolute Gasteiger partial charge is 0.149 e. The van der Waals surface area contributed by atoms with Crippen LogP contribution in [0.1, 0.15) is 10.4 Å². The average molecular weight is 453 g/mol. The highest BCUT2D eigenvalue weighted by Crippen LogP contribution is 2.44. The Morgan fingerprint density at radius 1 is 1.22 bits per heavy atom. The second kappa shape index (κ2) is 8.42. The number of halogens is 1. The van der Waals surface area contributed by atoms with Crippen molar-refractivity contribution in [1.29, 1.82) is 0 Å². The van der Waals surface area contributed by atoms with Crippen molar-refractivity contribution in [2.45, 2.75) is 12.0 Å². The first-order valence-corrected chi connectivity index (χ1v) is 11.0.